The third-order valence-electron chi connectivity index (χ3n) is 7.01. The van der Waals surface area contributed by atoms with Crippen molar-refractivity contribution in [3.05, 3.63) is 108 Å². The number of carboxylic acid groups (broad SMARTS) is 1. The molecular weight excluding hydrogens is 462 g/mol. The third kappa shape index (κ3) is 4.27. The van der Waals surface area contributed by atoms with Gasteiger partial charge in [0.2, 0.25) is 0 Å². The molecule has 2 heterocycles. The highest BCUT2D eigenvalue weighted by Gasteiger charge is 2.51. The summed E-state index contributed by atoms with van der Waals surface area (Å²) in [6.07, 6.45) is 1.41. The number of anilines is 2. The monoisotopic (exact) mass is 487 g/mol. The zero-order chi connectivity index (χ0) is 25.4. The Morgan fingerprint density at radius 1 is 0.811 bits per heavy atom. The van der Waals surface area contributed by atoms with Crippen LogP contribution in [0.25, 0.3) is 33.7 Å². The first-order valence-electron chi connectivity index (χ1n) is 12.2. The number of hydrogen-bond acceptors (Lipinski definition) is 5. The number of hydrogen-bond donors (Lipinski definition) is 2. The van der Waals surface area contributed by atoms with Crippen LogP contribution in [0.4, 0.5) is 11.5 Å². The molecule has 0 bridgehead atoms. The molecule has 37 heavy (non-hydrogen) atoms. The lowest BCUT2D eigenvalue weighted by Gasteiger charge is -2.11. The normalized spacial score (nSPS) is 13.8. The number of rotatable bonds is 7. The van der Waals surface area contributed by atoms with Crippen molar-refractivity contribution in [2.45, 2.75) is 25.2 Å². The molecule has 3 aromatic carbocycles. The maximum absolute atomic E-state index is 11.6. The summed E-state index contributed by atoms with van der Waals surface area (Å²) in [7, 11) is 0. The number of nitrogens with zero attached hydrogens (tertiary/aromatic N) is 2. The van der Waals surface area contributed by atoms with Crippen LogP contribution in [0.3, 0.4) is 0 Å². The summed E-state index contributed by atoms with van der Waals surface area (Å²) in [5.41, 5.74) is 6.60. The van der Waals surface area contributed by atoms with E-state index in [1.807, 2.05) is 104 Å². The fourth-order valence-electron chi connectivity index (χ4n) is 4.66. The van der Waals surface area contributed by atoms with E-state index in [1.165, 1.54) is 0 Å². The van der Waals surface area contributed by atoms with E-state index in [4.69, 9.17) is 9.51 Å². The molecule has 1 saturated carbocycles. The second kappa shape index (κ2) is 9.06. The predicted molar refractivity (Wildman–Crippen MR) is 144 cm³/mol. The summed E-state index contributed by atoms with van der Waals surface area (Å²) in [6.45, 7) is 1.90. The standard InChI is InChI=1S/C31H25N3O3/c1-20-28(33-27-9-5-8-26(32-27)23-6-3-2-4-7-23)29(37-34-20)24-12-10-21(11-13-24)22-14-16-25(17-15-22)31(18-19-31)30(35)36/h2-17H,18-19H2,1H3,(H,32,33)(H,35,36). The molecular formula is C31H25N3O3. The highest BCUT2D eigenvalue weighted by atomic mass is 16.5. The van der Waals surface area contributed by atoms with Crippen LogP contribution in [0.1, 0.15) is 24.1 Å². The van der Waals surface area contributed by atoms with Crippen molar-refractivity contribution in [1.29, 1.82) is 0 Å². The number of pyridine rings is 1. The van der Waals surface area contributed by atoms with E-state index in [0.29, 0.717) is 24.4 Å². The quantitative estimate of drug-likeness (QED) is 0.252. The molecule has 0 radical (unpaired) electrons. The molecule has 5 aromatic rings. The highest BCUT2D eigenvalue weighted by Crippen LogP contribution is 2.48. The summed E-state index contributed by atoms with van der Waals surface area (Å²) in [6, 6.07) is 31.8. The van der Waals surface area contributed by atoms with Crippen LogP contribution in [0, 0.1) is 6.92 Å². The lowest BCUT2D eigenvalue weighted by atomic mass is 9.93. The van der Waals surface area contributed by atoms with E-state index in [0.717, 1.165) is 44.9 Å². The summed E-state index contributed by atoms with van der Waals surface area (Å²) < 4.78 is 5.70. The van der Waals surface area contributed by atoms with Gasteiger partial charge in [0.05, 0.1) is 11.1 Å². The van der Waals surface area contributed by atoms with Gasteiger partial charge in [-0.05, 0) is 48.6 Å². The topological polar surface area (TPSA) is 88.2 Å². The molecule has 0 amide bonds. The first-order valence-corrected chi connectivity index (χ1v) is 12.2. The average Bonchev–Trinajstić information content (AvgIpc) is 3.69. The van der Waals surface area contributed by atoms with Gasteiger partial charge in [-0.2, -0.15) is 0 Å². The van der Waals surface area contributed by atoms with Gasteiger partial charge in [-0.15, -0.1) is 0 Å². The molecule has 182 valence electrons. The van der Waals surface area contributed by atoms with Gasteiger partial charge in [0.1, 0.15) is 17.2 Å². The Labute approximate surface area is 214 Å². The predicted octanol–water partition coefficient (Wildman–Crippen LogP) is 7.24. The van der Waals surface area contributed by atoms with Gasteiger partial charge in [0.25, 0.3) is 0 Å². The molecule has 6 rings (SSSR count). The van der Waals surface area contributed by atoms with Crippen LogP contribution in [-0.2, 0) is 10.2 Å². The van der Waals surface area contributed by atoms with E-state index < -0.39 is 11.4 Å². The summed E-state index contributed by atoms with van der Waals surface area (Å²) >= 11 is 0. The molecule has 0 saturated heterocycles. The van der Waals surface area contributed by atoms with Crippen molar-refractivity contribution in [2.24, 2.45) is 0 Å². The minimum atomic E-state index is -0.738. The van der Waals surface area contributed by atoms with Crippen LogP contribution in [0.2, 0.25) is 0 Å². The smallest absolute Gasteiger partial charge is 0.314 e. The Bertz CT molecular complexity index is 1570. The molecule has 2 N–H and O–H groups in total. The van der Waals surface area contributed by atoms with Crippen molar-refractivity contribution in [2.75, 3.05) is 5.32 Å². The van der Waals surface area contributed by atoms with Crippen molar-refractivity contribution in [3.63, 3.8) is 0 Å². The molecule has 0 aliphatic heterocycles. The summed E-state index contributed by atoms with van der Waals surface area (Å²) in [5.74, 6) is 0.613. The lowest BCUT2D eigenvalue weighted by Crippen LogP contribution is -2.19. The number of aryl methyl sites for hydroxylation is 1. The molecule has 0 atom stereocenters. The molecule has 0 unspecified atom stereocenters. The van der Waals surface area contributed by atoms with Crippen molar-refractivity contribution >= 4 is 17.5 Å². The number of carboxylic acids is 1. The van der Waals surface area contributed by atoms with E-state index in [-0.39, 0.29) is 0 Å². The maximum Gasteiger partial charge on any atom is 0.314 e. The number of nitrogens with one attached hydrogen (secondary N) is 1. The van der Waals surface area contributed by atoms with Gasteiger partial charge in [-0.25, -0.2) is 4.98 Å². The van der Waals surface area contributed by atoms with Crippen LogP contribution in [0.5, 0.6) is 0 Å². The zero-order valence-electron chi connectivity index (χ0n) is 20.3. The molecule has 6 nitrogen and oxygen atoms in total. The highest BCUT2D eigenvalue weighted by molar-refractivity contribution is 5.85. The van der Waals surface area contributed by atoms with Crippen molar-refractivity contribution < 1.29 is 14.4 Å². The largest absolute Gasteiger partial charge is 0.481 e. The lowest BCUT2D eigenvalue weighted by molar-refractivity contribution is -0.140. The van der Waals surface area contributed by atoms with Crippen molar-refractivity contribution in [3.8, 4) is 33.7 Å². The fraction of sp³-hybridized carbons (Fsp3) is 0.129. The molecule has 1 aliphatic carbocycles. The van der Waals surface area contributed by atoms with E-state index in [1.54, 1.807) is 0 Å². The summed E-state index contributed by atoms with van der Waals surface area (Å²) in [5, 5.41) is 17.1. The Morgan fingerprint density at radius 3 is 2.11 bits per heavy atom. The zero-order valence-corrected chi connectivity index (χ0v) is 20.3. The second-order valence-electron chi connectivity index (χ2n) is 9.41. The first-order chi connectivity index (χ1) is 18.0. The molecule has 6 heteroatoms. The van der Waals surface area contributed by atoms with Crippen molar-refractivity contribution in [1.82, 2.24) is 10.1 Å². The Hall–Kier alpha value is -4.71. The molecule has 1 aliphatic rings. The minimum Gasteiger partial charge on any atom is -0.481 e. The Morgan fingerprint density at radius 2 is 1.46 bits per heavy atom. The van der Waals surface area contributed by atoms with Gasteiger partial charge in [0, 0.05) is 11.1 Å². The van der Waals surface area contributed by atoms with Crippen LogP contribution in [0.15, 0.2) is 102 Å². The maximum atomic E-state index is 11.6. The van der Waals surface area contributed by atoms with Crippen LogP contribution >= 0.6 is 0 Å². The van der Waals surface area contributed by atoms with Gasteiger partial charge in [0.15, 0.2) is 5.76 Å². The third-order valence-corrected chi connectivity index (χ3v) is 7.01. The fourth-order valence-corrected chi connectivity index (χ4v) is 4.66. The number of carbonyl (C=O) groups is 1. The summed E-state index contributed by atoms with van der Waals surface area (Å²) in [4.78, 5) is 16.4. The van der Waals surface area contributed by atoms with Gasteiger partial charge in [-0.3, -0.25) is 4.79 Å². The van der Waals surface area contributed by atoms with Gasteiger partial charge < -0.3 is 14.9 Å². The van der Waals surface area contributed by atoms with E-state index >= 15 is 0 Å². The number of aliphatic carboxylic acids is 1. The number of aromatic nitrogens is 2. The second-order valence-corrected chi connectivity index (χ2v) is 9.41. The van der Waals surface area contributed by atoms with Gasteiger partial charge >= 0.3 is 5.97 Å². The van der Waals surface area contributed by atoms with E-state index in [9.17, 15) is 9.90 Å². The first kappa shape index (κ1) is 22.7. The molecule has 0 spiro atoms. The van der Waals surface area contributed by atoms with Gasteiger partial charge in [-0.1, -0.05) is 90.1 Å². The SMILES string of the molecule is Cc1noc(-c2ccc(-c3ccc(C4(C(=O)O)CC4)cc3)cc2)c1Nc1cccc(-c2ccccc2)n1. The Balaban J connectivity index is 1.24. The number of benzene rings is 3. The minimum absolute atomic E-state index is 0.642. The molecule has 2 aromatic heterocycles. The van der Waals surface area contributed by atoms with E-state index in [2.05, 4.69) is 10.5 Å². The molecule has 1 fully saturated rings. The Kier molecular flexibility index (Phi) is 5.57. The van der Waals surface area contributed by atoms with Crippen LogP contribution in [-0.4, -0.2) is 21.2 Å². The van der Waals surface area contributed by atoms with Crippen LogP contribution < -0.4 is 5.32 Å². The average molecular weight is 488 g/mol.